The van der Waals surface area contributed by atoms with Gasteiger partial charge in [0.1, 0.15) is 0 Å². The van der Waals surface area contributed by atoms with Gasteiger partial charge in [-0.05, 0) is 43.7 Å². The molecule has 0 aromatic rings. The first kappa shape index (κ1) is 14.9. The van der Waals surface area contributed by atoms with Crippen LogP contribution in [0.3, 0.4) is 0 Å². The maximum atomic E-state index is 5.07. The van der Waals surface area contributed by atoms with E-state index in [9.17, 15) is 0 Å². The molecule has 0 heterocycles. The Bertz CT molecular complexity index is 136. The second-order valence-electron chi connectivity index (χ2n) is 5.14. The molecule has 2 nitrogen and oxygen atoms in total. The highest BCUT2D eigenvalue weighted by atomic mass is 16.5. The summed E-state index contributed by atoms with van der Waals surface area (Å²) in [6, 6.07) is 0. The fraction of sp³-hybridized carbons (Fsp3) is 1.00. The lowest BCUT2D eigenvalue weighted by Crippen LogP contribution is -2.28. The first-order valence-electron chi connectivity index (χ1n) is 6.27. The van der Waals surface area contributed by atoms with Crippen LogP contribution in [0.4, 0.5) is 0 Å². The van der Waals surface area contributed by atoms with E-state index in [1.165, 1.54) is 12.8 Å². The van der Waals surface area contributed by atoms with E-state index in [4.69, 9.17) is 4.74 Å². The summed E-state index contributed by atoms with van der Waals surface area (Å²) in [4.78, 5) is 0. The summed E-state index contributed by atoms with van der Waals surface area (Å²) in [5.41, 5.74) is 0. The Hall–Kier alpha value is -0.0800. The molecule has 0 aliphatic carbocycles. The Morgan fingerprint density at radius 2 is 1.67 bits per heavy atom. The van der Waals surface area contributed by atoms with Crippen molar-refractivity contribution in [3.05, 3.63) is 0 Å². The third-order valence-electron chi connectivity index (χ3n) is 3.00. The van der Waals surface area contributed by atoms with Crippen LogP contribution in [0.2, 0.25) is 0 Å². The minimum absolute atomic E-state index is 0.751. The van der Waals surface area contributed by atoms with Crippen molar-refractivity contribution in [3.63, 3.8) is 0 Å². The van der Waals surface area contributed by atoms with Gasteiger partial charge in [0.2, 0.25) is 0 Å². The van der Waals surface area contributed by atoms with Gasteiger partial charge in [-0.1, -0.05) is 27.7 Å². The zero-order valence-corrected chi connectivity index (χ0v) is 11.2. The molecular formula is C13H29NO. The number of ether oxygens (including phenoxy) is 1. The van der Waals surface area contributed by atoms with E-state index in [0.29, 0.717) is 0 Å². The van der Waals surface area contributed by atoms with Gasteiger partial charge in [-0.25, -0.2) is 0 Å². The molecule has 0 aliphatic rings. The largest absolute Gasteiger partial charge is 0.385 e. The van der Waals surface area contributed by atoms with Crippen LogP contribution in [-0.4, -0.2) is 26.8 Å². The highest BCUT2D eigenvalue weighted by Gasteiger charge is 2.11. The Morgan fingerprint density at radius 3 is 2.20 bits per heavy atom. The molecule has 0 fully saturated rings. The van der Waals surface area contributed by atoms with E-state index in [1.807, 2.05) is 0 Å². The molecule has 2 heteroatoms. The molecule has 0 saturated carbocycles. The van der Waals surface area contributed by atoms with E-state index < -0.39 is 0 Å². The van der Waals surface area contributed by atoms with Crippen LogP contribution in [0.25, 0.3) is 0 Å². The lowest BCUT2D eigenvalue weighted by molar-refractivity contribution is 0.182. The molecule has 1 N–H and O–H groups in total. The van der Waals surface area contributed by atoms with E-state index in [1.54, 1.807) is 7.11 Å². The number of rotatable bonds is 9. The van der Waals surface area contributed by atoms with Crippen molar-refractivity contribution in [1.82, 2.24) is 5.32 Å². The molecular weight excluding hydrogens is 186 g/mol. The molecule has 0 spiro atoms. The number of nitrogens with one attached hydrogen (secondary N) is 1. The zero-order valence-electron chi connectivity index (χ0n) is 11.2. The Morgan fingerprint density at radius 1 is 1.00 bits per heavy atom. The van der Waals surface area contributed by atoms with Gasteiger partial charge >= 0.3 is 0 Å². The molecule has 2 atom stereocenters. The van der Waals surface area contributed by atoms with Crippen LogP contribution in [0, 0.1) is 17.8 Å². The highest BCUT2D eigenvalue weighted by molar-refractivity contribution is 4.65. The number of hydrogen-bond donors (Lipinski definition) is 1. The molecule has 0 aromatic carbocycles. The summed E-state index contributed by atoms with van der Waals surface area (Å²) >= 11 is 0. The topological polar surface area (TPSA) is 21.3 Å². The van der Waals surface area contributed by atoms with Crippen LogP contribution < -0.4 is 5.32 Å². The van der Waals surface area contributed by atoms with Crippen molar-refractivity contribution < 1.29 is 4.74 Å². The highest BCUT2D eigenvalue weighted by Crippen LogP contribution is 2.16. The predicted molar refractivity (Wildman–Crippen MR) is 67.1 cm³/mol. The number of hydrogen-bond acceptors (Lipinski definition) is 2. The molecule has 0 saturated heterocycles. The van der Waals surface area contributed by atoms with Gasteiger partial charge in [0.05, 0.1) is 0 Å². The Labute approximate surface area is 95.8 Å². The van der Waals surface area contributed by atoms with Crippen molar-refractivity contribution in [3.8, 4) is 0 Å². The first-order valence-corrected chi connectivity index (χ1v) is 6.27. The second kappa shape index (κ2) is 9.17. The molecule has 2 unspecified atom stereocenters. The van der Waals surface area contributed by atoms with E-state index in [0.717, 1.165) is 37.5 Å². The van der Waals surface area contributed by atoms with Gasteiger partial charge in [0, 0.05) is 13.7 Å². The van der Waals surface area contributed by atoms with Crippen molar-refractivity contribution in [2.24, 2.45) is 17.8 Å². The number of methoxy groups -OCH3 is 1. The van der Waals surface area contributed by atoms with E-state index >= 15 is 0 Å². The molecule has 92 valence electrons. The predicted octanol–water partition coefficient (Wildman–Crippen LogP) is 2.93. The minimum atomic E-state index is 0.751. The van der Waals surface area contributed by atoms with E-state index in [-0.39, 0.29) is 0 Å². The zero-order chi connectivity index (χ0) is 11.7. The van der Waals surface area contributed by atoms with Gasteiger partial charge in [-0.3, -0.25) is 0 Å². The summed E-state index contributed by atoms with van der Waals surface area (Å²) in [5.74, 6) is 2.31. The smallest absolute Gasteiger partial charge is 0.0462 e. The fourth-order valence-corrected chi connectivity index (χ4v) is 1.64. The van der Waals surface area contributed by atoms with Crippen LogP contribution in [0.1, 0.15) is 40.5 Å². The standard InChI is InChI=1S/C13H29NO/c1-11(2)9-14-10-13(4)12(3)7-6-8-15-5/h11-14H,6-10H2,1-5H3. The average molecular weight is 215 g/mol. The SMILES string of the molecule is COCCCC(C)C(C)CNCC(C)C. The second-order valence-corrected chi connectivity index (χ2v) is 5.14. The summed E-state index contributed by atoms with van der Waals surface area (Å²) in [7, 11) is 1.78. The minimum Gasteiger partial charge on any atom is -0.385 e. The molecule has 0 radical (unpaired) electrons. The summed E-state index contributed by atoms with van der Waals surface area (Å²) in [5, 5.41) is 3.52. The molecule has 0 bridgehead atoms. The Balaban J connectivity index is 3.46. The molecule has 0 aliphatic heterocycles. The van der Waals surface area contributed by atoms with Crippen LogP contribution in [0.5, 0.6) is 0 Å². The summed E-state index contributed by atoms with van der Waals surface area (Å²) < 4.78 is 5.07. The van der Waals surface area contributed by atoms with Crippen molar-refractivity contribution in [2.75, 3.05) is 26.8 Å². The first-order chi connectivity index (χ1) is 7.07. The summed E-state index contributed by atoms with van der Waals surface area (Å²) in [6.45, 7) is 12.4. The maximum absolute atomic E-state index is 5.07. The van der Waals surface area contributed by atoms with Gasteiger partial charge in [-0.15, -0.1) is 0 Å². The molecule has 0 amide bonds. The van der Waals surface area contributed by atoms with Gasteiger partial charge in [0.15, 0.2) is 0 Å². The van der Waals surface area contributed by atoms with Gasteiger partial charge in [0.25, 0.3) is 0 Å². The van der Waals surface area contributed by atoms with Crippen molar-refractivity contribution >= 4 is 0 Å². The van der Waals surface area contributed by atoms with Gasteiger partial charge < -0.3 is 10.1 Å². The summed E-state index contributed by atoms with van der Waals surface area (Å²) in [6.07, 6.45) is 2.46. The van der Waals surface area contributed by atoms with Crippen LogP contribution >= 0.6 is 0 Å². The van der Waals surface area contributed by atoms with Gasteiger partial charge in [-0.2, -0.15) is 0 Å². The maximum Gasteiger partial charge on any atom is 0.0462 e. The van der Waals surface area contributed by atoms with Crippen molar-refractivity contribution in [2.45, 2.75) is 40.5 Å². The van der Waals surface area contributed by atoms with Crippen LogP contribution in [0.15, 0.2) is 0 Å². The van der Waals surface area contributed by atoms with E-state index in [2.05, 4.69) is 33.0 Å². The van der Waals surface area contributed by atoms with Crippen LogP contribution in [-0.2, 0) is 4.74 Å². The lowest BCUT2D eigenvalue weighted by Gasteiger charge is -2.20. The monoisotopic (exact) mass is 215 g/mol. The average Bonchev–Trinajstić information content (AvgIpc) is 2.17. The molecule has 15 heavy (non-hydrogen) atoms. The third-order valence-corrected chi connectivity index (χ3v) is 3.00. The fourth-order valence-electron chi connectivity index (χ4n) is 1.64. The van der Waals surface area contributed by atoms with Crippen molar-refractivity contribution in [1.29, 1.82) is 0 Å². The lowest BCUT2D eigenvalue weighted by atomic mass is 9.91. The Kier molecular flexibility index (Phi) is 9.12. The third kappa shape index (κ3) is 8.88. The molecule has 0 rings (SSSR count). The molecule has 0 aromatic heterocycles. The quantitative estimate of drug-likeness (QED) is 0.597. The normalized spacial score (nSPS) is 15.6.